The molecule has 98 valence electrons. The molecular weight excluding hydrogens is 304 g/mol. The van der Waals surface area contributed by atoms with Crippen molar-refractivity contribution in [3.05, 3.63) is 52.8 Å². The molecule has 0 aliphatic heterocycles. The summed E-state index contributed by atoms with van der Waals surface area (Å²) in [7, 11) is 0. The van der Waals surface area contributed by atoms with E-state index in [0.717, 1.165) is 15.9 Å². The Balaban J connectivity index is 1.79. The van der Waals surface area contributed by atoms with Crippen molar-refractivity contribution in [1.82, 2.24) is 4.57 Å². The van der Waals surface area contributed by atoms with Gasteiger partial charge >= 0.3 is 0 Å². The van der Waals surface area contributed by atoms with Crippen LogP contribution in [-0.4, -0.2) is 10.5 Å². The maximum atomic E-state index is 12.3. The summed E-state index contributed by atoms with van der Waals surface area (Å²) in [4.78, 5) is 12.3. The number of hydrogen-bond donors (Lipinski definition) is 1. The number of benzene rings is 1. The van der Waals surface area contributed by atoms with E-state index in [1.54, 1.807) is 0 Å². The van der Waals surface area contributed by atoms with Crippen molar-refractivity contribution >= 4 is 27.5 Å². The van der Waals surface area contributed by atoms with Crippen LogP contribution in [0, 0.1) is 0 Å². The average Bonchev–Trinajstić information content (AvgIpc) is 2.75. The van der Waals surface area contributed by atoms with Gasteiger partial charge in [-0.1, -0.05) is 22.0 Å². The minimum absolute atomic E-state index is 0.0463. The zero-order valence-electron chi connectivity index (χ0n) is 10.5. The highest BCUT2D eigenvalue weighted by molar-refractivity contribution is 9.10. The quantitative estimate of drug-likeness (QED) is 0.902. The molecule has 3 rings (SSSR count). The Hall–Kier alpha value is -1.55. The molecule has 4 heteroatoms. The van der Waals surface area contributed by atoms with Gasteiger partial charge < -0.3 is 9.88 Å². The predicted octanol–water partition coefficient (Wildman–Crippen LogP) is 4.23. The molecule has 1 aliphatic carbocycles. The number of anilines is 1. The molecule has 0 radical (unpaired) electrons. The van der Waals surface area contributed by atoms with Crippen LogP contribution in [0.4, 0.5) is 5.69 Å². The second-order valence-electron chi connectivity index (χ2n) is 4.85. The summed E-state index contributed by atoms with van der Waals surface area (Å²) in [5.74, 6) is -0.0463. The number of hydrogen-bond acceptors (Lipinski definition) is 1. The third-order valence-electron chi connectivity index (χ3n) is 3.56. The number of nitrogens with one attached hydrogen (secondary N) is 1. The Morgan fingerprint density at radius 1 is 1.26 bits per heavy atom. The maximum Gasteiger partial charge on any atom is 0.272 e. The zero-order chi connectivity index (χ0) is 13.2. The lowest BCUT2D eigenvalue weighted by Crippen LogP contribution is -2.23. The Morgan fingerprint density at radius 2 is 2.11 bits per heavy atom. The van der Waals surface area contributed by atoms with Crippen molar-refractivity contribution in [2.75, 3.05) is 5.32 Å². The Bertz CT molecular complexity index is 602. The molecule has 1 saturated carbocycles. The normalized spacial score (nSPS) is 15.0. The van der Waals surface area contributed by atoms with Gasteiger partial charge in [0, 0.05) is 22.4 Å². The van der Waals surface area contributed by atoms with Crippen LogP contribution in [0.25, 0.3) is 0 Å². The van der Waals surface area contributed by atoms with Gasteiger partial charge in [-0.2, -0.15) is 0 Å². The zero-order valence-corrected chi connectivity index (χ0v) is 12.1. The Morgan fingerprint density at radius 3 is 2.79 bits per heavy atom. The number of rotatable bonds is 3. The Labute approximate surface area is 120 Å². The second kappa shape index (κ2) is 5.21. The summed E-state index contributed by atoms with van der Waals surface area (Å²) >= 11 is 3.40. The molecule has 1 fully saturated rings. The first kappa shape index (κ1) is 12.5. The smallest absolute Gasteiger partial charge is 0.272 e. The minimum Gasteiger partial charge on any atom is -0.340 e. The van der Waals surface area contributed by atoms with Crippen molar-refractivity contribution in [1.29, 1.82) is 0 Å². The number of aromatic nitrogens is 1. The van der Waals surface area contributed by atoms with Crippen LogP contribution in [0.3, 0.4) is 0 Å². The molecule has 3 nitrogen and oxygen atoms in total. The molecule has 1 N–H and O–H groups in total. The van der Waals surface area contributed by atoms with E-state index in [2.05, 4.69) is 25.8 Å². The van der Waals surface area contributed by atoms with Gasteiger partial charge in [-0.05, 0) is 49.6 Å². The second-order valence-corrected chi connectivity index (χ2v) is 5.77. The van der Waals surface area contributed by atoms with E-state index in [4.69, 9.17) is 0 Å². The molecule has 2 aromatic rings. The molecule has 1 aromatic heterocycles. The first-order chi connectivity index (χ1) is 9.24. The van der Waals surface area contributed by atoms with Crippen LogP contribution in [0.15, 0.2) is 47.1 Å². The summed E-state index contributed by atoms with van der Waals surface area (Å²) in [5, 5.41) is 2.94. The summed E-state index contributed by atoms with van der Waals surface area (Å²) in [6.45, 7) is 0. The molecule has 1 amide bonds. The first-order valence-electron chi connectivity index (χ1n) is 6.48. The van der Waals surface area contributed by atoms with Crippen molar-refractivity contribution < 1.29 is 4.79 Å². The highest BCUT2D eigenvalue weighted by Crippen LogP contribution is 2.32. The van der Waals surface area contributed by atoms with Gasteiger partial charge in [-0.3, -0.25) is 4.79 Å². The summed E-state index contributed by atoms with van der Waals surface area (Å²) in [5.41, 5.74) is 1.55. The van der Waals surface area contributed by atoms with E-state index in [1.165, 1.54) is 19.3 Å². The molecule has 0 atom stereocenters. The molecule has 1 heterocycles. The molecular formula is C15H15BrN2O. The Kier molecular flexibility index (Phi) is 3.42. The number of carbonyl (C=O) groups excluding carboxylic acids is 1. The van der Waals surface area contributed by atoms with E-state index in [0.29, 0.717) is 6.04 Å². The largest absolute Gasteiger partial charge is 0.340 e. The maximum absolute atomic E-state index is 12.3. The highest BCUT2D eigenvalue weighted by atomic mass is 79.9. The lowest BCUT2D eigenvalue weighted by Gasteiger charge is -2.28. The fourth-order valence-corrected chi connectivity index (χ4v) is 2.73. The van der Waals surface area contributed by atoms with E-state index >= 15 is 0 Å². The lowest BCUT2D eigenvalue weighted by atomic mass is 9.93. The fourth-order valence-electron chi connectivity index (χ4n) is 2.33. The number of halogens is 1. The molecule has 19 heavy (non-hydrogen) atoms. The SMILES string of the molecule is O=C(Nc1cccc(Br)c1)c1cccn1C1CCC1. The lowest BCUT2D eigenvalue weighted by molar-refractivity contribution is 0.101. The number of amides is 1. The van der Waals surface area contributed by atoms with Crippen LogP contribution in [0.5, 0.6) is 0 Å². The number of carbonyl (C=O) groups is 1. The summed E-state index contributed by atoms with van der Waals surface area (Å²) < 4.78 is 3.05. The van der Waals surface area contributed by atoms with Crippen LogP contribution in [0.1, 0.15) is 35.8 Å². The van der Waals surface area contributed by atoms with E-state index in [1.807, 2.05) is 42.6 Å². The van der Waals surface area contributed by atoms with Gasteiger partial charge in [0.2, 0.25) is 0 Å². The highest BCUT2D eigenvalue weighted by Gasteiger charge is 2.23. The molecule has 1 aromatic carbocycles. The number of nitrogens with zero attached hydrogens (tertiary/aromatic N) is 1. The standard InChI is InChI=1S/C15H15BrN2O/c16-11-4-1-5-12(10-11)17-15(19)14-8-3-9-18(14)13-6-2-7-13/h1,3-5,8-10,13H,2,6-7H2,(H,17,19). The van der Waals surface area contributed by atoms with Crippen molar-refractivity contribution in [3.8, 4) is 0 Å². The fraction of sp³-hybridized carbons (Fsp3) is 0.267. The van der Waals surface area contributed by atoms with Gasteiger partial charge in [0.1, 0.15) is 5.69 Å². The van der Waals surface area contributed by atoms with Crippen molar-refractivity contribution in [2.24, 2.45) is 0 Å². The molecule has 0 unspecified atom stereocenters. The van der Waals surface area contributed by atoms with Gasteiger partial charge in [0.25, 0.3) is 5.91 Å². The van der Waals surface area contributed by atoms with Crippen LogP contribution < -0.4 is 5.32 Å². The average molecular weight is 319 g/mol. The predicted molar refractivity (Wildman–Crippen MR) is 79.4 cm³/mol. The van der Waals surface area contributed by atoms with Crippen molar-refractivity contribution in [3.63, 3.8) is 0 Å². The molecule has 1 aliphatic rings. The van der Waals surface area contributed by atoms with E-state index < -0.39 is 0 Å². The topological polar surface area (TPSA) is 34.0 Å². The summed E-state index contributed by atoms with van der Waals surface area (Å²) in [6.07, 6.45) is 5.60. The summed E-state index contributed by atoms with van der Waals surface area (Å²) in [6, 6.07) is 11.9. The molecule has 0 bridgehead atoms. The molecule has 0 saturated heterocycles. The van der Waals surface area contributed by atoms with Gasteiger partial charge in [0.15, 0.2) is 0 Å². The van der Waals surface area contributed by atoms with Crippen molar-refractivity contribution in [2.45, 2.75) is 25.3 Å². The third kappa shape index (κ3) is 2.59. The monoisotopic (exact) mass is 318 g/mol. The van der Waals surface area contributed by atoms with Crippen LogP contribution in [-0.2, 0) is 0 Å². The van der Waals surface area contributed by atoms with Gasteiger partial charge in [-0.15, -0.1) is 0 Å². The van der Waals surface area contributed by atoms with Gasteiger partial charge in [0.05, 0.1) is 0 Å². The minimum atomic E-state index is -0.0463. The van der Waals surface area contributed by atoms with Crippen LogP contribution >= 0.6 is 15.9 Å². The van der Waals surface area contributed by atoms with Crippen LogP contribution in [0.2, 0.25) is 0 Å². The third-order valence-corrected chi connectivity index (χ3v) is 4.06. The van der Waals surface area contributed by atoms with E-state index in [-0.39, 0.29) is 5.91 Å². The first-order valence-corrected chi connectivity index (χ1v) is 7.27. The van der Waals surface area contributed by atoms with Gasteiger partial charge in [-0.25, -0.2) is 0 Å². The van der Waals surface area contributed by atoms with E-state index in [9.17, 15) is 4.79 Å². The molecule has 0 spiro atoms.